The predicted octanol–water partition coefficient (Wildman–Crippen LogP) is 0.976. The van der Waals surface area contributed by atoms with Gasteiger partial charge < -0.3 is 14.3 Å². The highest BCUT2D eigenvalue weighted by atomic mass is 28.2. The largest absolute Gasteiger partial charge is 0.432 e. The molecule has 0 aliphatic rings. The van der Waals surface area contributed by atoms with Crippen molar-refractivity contribution in [2.45, 2.75) is 58.7 Å². The Balaban J connectivity index is 4.05. The number of ether oxygens (including phenoxy) is 2. The smallest absolute Gasteiger partial charge is 0.219 e. The molecule has 0 radical (unpaired) electrons. The number of rotatable bonds is 3. The van der Waals surface area contributed by atoms with Crippen LogP contribution in [0.2, 0.25) is 0 Å². The molecule has 0 bridgehead atoms. The average molecular weight is 206 g/mol. The maximum atomic E-state index is 9.14. The van der Waals surface area contributed by atoms with Gasteiger partial charge in [-0.05, 0) is 41.5 Å². The molecule has 0 saturated heterocycles. The summed E-state index contributed by atoms with van der Waals surface area (Å²) in [5.41, 5.74) is -0.517. The quantitative estimate of drug-likeness (QED) is 0.552. The molecular weight excluding hydrogens is 184 g/mol. The third-order valence-electron chi connectivity index (χ3n) is 1.12. The molecular formula is C9H22O3Si. The molecule has 0 aliphatic carbocycles. The molecule has 0 saturated carbocycles. The topological polar surface area (TPSA) is 38.7 Å². The molecule has 0 heterocycles. The normalized spacial score (nSPS) is 14.8. The lowest BCUT2D eigenvalue weighted by atomic mass is 10.2. The Bertz CT molecular complexity index is 130. The van der Waals surface area contributed by atoms with E-state index in [0.717, 1.165) is 0 Å². The predicted molar refractivity (Wildman–Crippen MR) is 56.2 cm³/mol. The van der Waals surface area contributed by atoms with Gasteiger partial charge in [0.2, 0.25) is 9.76 Å². The fourth-order valence-electron chi connectivity index (χ4n) is 0.887. The van der Waals surface area contributed by atoms with Crippen molar-refractivity contribution in [3.05, 3.63) is 0 Å². The molecule has 0 fully saturated rings. The van der Waals surface area contributed by atoms with E-state index in [1.54, 1.807) is 0 Å². The zero-order valence-electron chi connectivity index (χ0n) is 9.55. The van der Waals surface area contributed by atoms with Crippen LogP contribution < -0.4 is 0 Å². The Morgan fingerprint density at radius 1 is 0.923 bits per heavy atom. The van der Waals surface area contributed by atoms with Crippen LogP contribution >= 0.6 is 0 Å². The van der Waals surface area contributed by atoms with E-state index < -0.39 is 15.7 Å². The van der Waals surface area contributed by atoms with Crippen LogP contribution in [0.4, 0.5) is 0 Å². The first kappa shape index (κ1) is 13.1. The Labute approximate surface area is 83.4 Å². The maximum Gasteiger partial charge on any atom is 0.219 e. The molecule has 3 nitrogen and oxygen atoms in total. The summed E-state index contributed by atoms with van der Waals surface area (Å²) in [5.74, 6) is -0.403. The summed E-state index contributed by atoms with van der Waals surface area (Å²) in [6.45, 7) is 11.7. The molecule has 0 atom stereocenters. The van der Waals surface area contributed by atoms with Crippen molar-refractivity contribution >= 4 is 9.76 Å². The third kappa shape index (κ3) is 8.43. The lowest BCUT2D eigenvalue weighted by Gasteiger charge is -2.31. The maximum absolute atomic E-state index is 9.14. The fraction of sp³-hybridized carbons (Fsp3) is 1.00. The van der Waals surface area contributed by atoms with Crippen LogP contribution in [0.15, 0.2) is 0 Å². The lowest BCUT2D eigenvalue weighted by molar-refractivity contribution is -0.197. The van der Waals surface area contributed by atoms with Gasteiger partial charge in [0.25, 0.3) is 0 Å². The average Bonchev–Trinajstić information content (AvgIpc) is 1.79. The van der Waals surface area contributed by atoms with Gasteiger partial charge in [0, 0.05) is 0 Å². The highest BCUT2D eigenvalue weighted by Gasteiger charge is 2.23. The molecule has 0 amide bonds. The first-order valence-electron chi connectivity index (χ1n) is 4.60. The highest BCUT2D eigenvalue weighted by Crippen LogP contribution is 2.16. The Morgan fingerprint density at radius 3 is 1.38 bits per heavy atom. The van der Waals surface area contributed by atoms with Gasteiger partial charge in [0.1, 0.15) is 0 Å². The van der Waals surface area contributed by atoms with E-state index in [4.69, 9.17) is 14.3 Å². The molecule has 0 spiro atoms. The van der Waals surface area contributed by atoms with Crippen LogP contribution in [0.3, 0.4) is 0 Å². The van der Waals surface area contributed by atoms with E-state index in [0.29, 0.717) is 0 Å². The van der Waals surface area contributed by atoms with E-state index in [1.807, 2.05) is 41.5 Å². The van der Waals surface area contributed by atoms with Gasteiger partial charge in [-0.25, -0.2) is 0 Å². The first-order chi connectivity index (χ1) is 5.64. The Morgan fingerprint density at radius 2 is 1.23 bits per heavy atom. The zero-order chi connectivity index (χ0) is 10.7. The summed E-state index contributed by atoms with van der Waals surface area (Å²) in [7, 11) is -1.28. The summed E-state index contributed by atoms with van der Waals surface area (Å²) in [5, 5.41) is 0. The monoisotopic (exact) mass is 206 g/mol. The third-order valence-corrected chi connectivity index (χ3v) is 1.75. The molecule has 0 unspecified atom stereocenters. The van der Waals surface area contributed by atoms with Crippen molar-refractivity contribution < 1.29 is 14.3 Å². The van der Waals surface area contributed by atoms with Crippen LogP contribution in [0.1, 0.15) is 41.5 Å². The SMILES string of the molecule is CC(C)(C)OC(OC(C)(C)C)[SiH2]O. The molecule has 80 valence electrons. The zero-order valence-corrected chi connectivity index (χ0v) is 11.0. The van der Waals surface area contributed by atoms with Crippen molar-refractivity contribution in [1.82, 2.24) is 0 Å². The van der Waals surface area contributed by atoms with Crippen LogP contribution in [-0.2, 0) is 9.47 Å². The van der Waals surface area contributed by atoms with Gasteiger partial charge in [-0.1, -0.05) is 0 Å². The van der Waals surface area contributed by atoms with E-state index in [-0.39, 0.29) is 11.2 Å². The Kier molecular flexibility index (Phi) is 4.58. The Hall–Kier alpha value is 0.0969. The first-order valence-corrected chi connectivity index (χ1v) is 6.05. The second kappa shape index (κ2) is 4.55. The second-order valence-corrected chi connectivity index (χ2v) is 6.10. The second-order valence-electron chi connectivity index (χ2n) is 5.07. The van der Waals surface area contributed by atoms with Gasteiger partial charge in [0.15, 0.2) is 5.91 Å². The van der Waals surface area contributed by atoms with Gasteiger partial charge >= 0.3 is 0 Å². The molecule has 0 aromatic carbocycles. The van der Waals surface area contributed by atoms with Gasteiger partial charge in [-0.2, -0.15) is 0 Å². The van der Waals surface area contributed by atoms with Crippen molar-refractivity contribution in [3.63, 3.8) is 0 Å². The standard InChI is InChI=1S/C9H22O3Si/c1-8(2,3)11-7(13-10)12-9(4,5)6/h7,10H,13H2,1-6H3. The van der Waals surface area contributed by atoms with Crippen molar-refractivity contribution in [1.29, 1.82) is 0 Å². The summed E-state index contributed by atoms with van der Waals surface area (Å²) in [6.07, 6.45) is 0. The highest BCUT2D eigenvalue weighted by molar-refractivity contribution is 6.26. The summed E-state index contributed by atoms with van der Waals surface area (Å²) >= 11 is 0. The van der Waals surface area contributed by atoms with E-state index in [2.05, 4.69) is 0 Å². The van der Waals surface area contributed by atoms with Crippen LogP contribution in [0.5, 0.6) is 0 Å². The number of hydrogen-bond donors (Lipinski definition) is 1. The molecule has 0 aromatic rings. The van der Waals surface area contributed by atoms with E-state index in [9.17, 15) is 0 Å². The molecule has 0 aliphatic heterocycles. The van der Waals surface area contributed by atoms with Crippen molar-refractivity contribution in [3.8, 4) is 0 Å². The van der Waals surface area contributed by atoms with Crippen LogP contribution in [-0.4, -0.2) is 31.7 Å². The van der Waals surface area contributed by atoms with E-state index >= 15 is 0 Å². The molecule has 0 aromatic heterocycles. The summed E-state index contributed by atoms with van der Waals surface area (Å²) in [4.78, 5) is 9.14. The minimum absolute atomic E-state index is 0.258. The van der Waals surface area contributed by atoms with Crippen LogP contribution in [0.25, 0.3) is 0 Å². The fourth-order valence-corrected chi connectivity index (χ4v) is 2.04. The lowest BCUT2D eigenvalue weighted by Crippen LogP contribution is -2.38. The molecule has 0 rings (SSSR count). The van der Waals surface area contributed by atoms with Crippen molar-refractivity contribution in [2.24, 2.45) is 0 Å². The number of hydrogen-bond acceptors (Lipinski definition) is 3. The summed E-state index contributed by atoms with van der Waals surface area (Å²) < 4.78 is 11.1. The van der Waals surface area contributed by atoms with Gasteiger partial charge in [-0.15, -0.1) is 0 Å². The minimum atomic E-state index is -1.28. The molecule has 4 heteroatoms. The van der Waals surface area contributed by atoms with Crippen molar-refractivity contribution in [2.75, 3.05) is 0 Å². The molecule has 1 N–H and O–H groups in total. The van der Waals surface area contributed by atoms with Gasteiger partial charge in [0.05, 0.1) is 11.2 Å². The minimum Gasteiger partial charge on any atom is -0.432 e. The molecule has 13 heavy (non-hydrogen) atoms. The van der Waals surface area contributed by atoms with E-state index in [1.165, 1.54) is 0 Å². The van der Waals surface area contributed by atoms with Crippen LogP contribution in [0, 0.1) is 0 Å². The van der Waals surface area contributed by atoms with Gasteiger partial charge in [-0.3, -0.25) is 0 Å². The summed E-state index contributed by atoms with van der Waals surface area (Å²) in [6, 6.07) is 0.